The van der Waals surface area contributed by atoms with Crippen molar-refractivity contribution in [2.45, 2.75) is 6.92 Å². The Morgan fingerprint density at radius 1 is 1.17 bits per heavy atom. The van der Waals surface area contributed by atoms with Crippen LogP contribution in [0.1, 0.15) is 5.82 Å². The predicted molar refractivity (Wildman–Crippen MR) is 94.0 cm³/mol. The van der Waals surface area contributed by atoms with Gasteiger partial charge in [0.1, 0.15) is 16.5 Å². The maximum atomic E-state index is 8.71. The number of thiophene rings is 1. The van der Waals surface area contributed by atoms with Gasteiger partial charge in [-0.15, -0.1) is 11.3 Å². The Morgan fingerprint density at radius 3 is 2.78 bits per heavy atom. The van der Waals surface area contributed by atoms with Crippen molar-refractivity contribution in [3.63, 3.8) is 0 Å². The SMILES string of the molecule is Cc1nc(NCCOCCO)c2cc(-c3ccccc3)sc2n1. The topological polar surface area (TPSA) is 67.3 Å². The fraction of sp³-hybridized carbons (Fsp3) is 0.294. The van der Waals surface area contributed by atoms with Crippen LogP contribution in [0.25, 0.3) is 20.7 Å². The molecule has 6 heteroatoms. The summed E-state index contributed by atoms with van der Waals surface area (Å²) in [6, 6.07) is 12.4. The van der Waals surface area contributed by atoms with Gasteiger partial charge in [-0.05, 0) is 18.6 Å². The van der Waals surface area contributed by atoms with Crippen molar-refractivity contribution >= 4 is 27.4 Å². The van der Waals surface area contributed by atoms with Crippen molar-refractivity contribution in [2.24, 2.45) is 0 Å². The van der Waals surface area contributed by atoms with E-state index in [9.17, 15) is 0 Å². The third kappa shape index (κ3) is 3.85. The quantitative estimate of drug-likeness (QED) is 0.652. The standard InChI is InChI=1S/C17H19N3O2S/c1-12-19-16(18-7-9-22-10-8-21)14-11-15(23-17(14)20-12)13-5-3-2-4-6-13/h2-6,11,21H,7-10H2,1H3,(H,18,19,20). The highest BCUT2D eigenvalue weighted by molar-refractivity contribution is 7.21. The molecule has 1 aromatic carbocycles. The van der Waals surface area contributed by atoms with Gasteiger partial charge < -0.3 is 15.2 Å². The molecule has 2 aromatic heterocycles. The van der Waals surface area contributed by atoms with E-state index >= 15 is 0 Å². The van der Waals surface area contributed by atoms with E-state index in [1.165, 1.54) is 10.4 Å². The minimum absolute atomic E-state index is 0.0435. The molecule has 0 spiro atoms. The van der Waals surface area contributed by atoms with E-state index in [4.69, 9.17) is 9.84 Å². The maximum Gasteiger partial charge on any atom is 0.138 e. The normalized spacial score (nSPS) is 11.0. The number of fused-ring (bicyclic) bond motifs is 1. The second-order valence-corrected chi connectivity index (χ2v) is 6.11. The Labute approximate surface area is 139 Å². The summed E-state index contributed by atoms with van der Waals surface area (Å²) in [6.07, 6.45) is 0. The maximum absolute atomic E-state index is 8.71. The van der Waals surface area contributed by atoms with Gasteiger partial charge in [0.05, 0.1) is 25.2 Å². The summed E-state index contributed by atoms with van der Waals surface area (Å²) in [5, 5.41) is 13.0. The number of aliphatic hydroxyl groups is 1. The van der Waals surface area contributed by atoms with E-state index in [1.807, 2.05) is 25.1 Å². The molecule has 0 unspecified atom stereocenters. The smallest absolute Gasteiger partial charge is 0.138 e. The molecule has 0 saturated heterocycles. The number of aryl methyl sites for hydroxylation is 1. The number of benzene rings is 1. The number of ether oxygens (including phenoxy) is 1. The Bertz CT molecular complexity index is 774. The number of anilines is 1. The Kier molecular flexibility index (Phi) is 5.17. The van der Waals surface area contributed by atoms with Crippen LogP contribution in [0.5, 0.6) is 0 Å². The van der Waals surface area contributed by atoms with Gasteiger partial charge in [0.25, 0.3) is 0 Å². The largest absolute Gasteiger partial charge is 0.394 e. The van der Waals surface area contributed by atoms with Crippen LogP contribution in [-0.2, 0) is 4.74 Å². The van der Waals surface area contributed by atoms with Crippen LogP contribution >= 0.6 is 11.3 Å². The minimum Gasteiger partial charge on any atom is -0.394 e. The lowest BCUT2D eigenvalue weighted by atomic mass is 10.2. The van der Waals surface area contributed by atoms with Crippen LogP contribution in [0.3, 0.4) is 0 Å². The van der Waals surface area contributed by atoms with E-state index in [0.29, 0.717) is 19.8 Å². The number of rotatable bonds is 7. The lowest BCUT2D eigenvalue weighted by Gasteiger charge is -2.07. The van der Waals surface area contributed by atoms with Crippen molar-refractivity contribution in [1.29, 1.82) is 0 Å². The highest BCUT2D eigenvalue weighted by Gasteiger charge is 2.11. The van der Waals surface area contributed by atoms with Crippen LogP contribution in [0.2, 0.25) is 0 Å². The van der Waals surface area contributed by atoms with Crippen LogP contribution in [0.15, 0.2) is 36.4 Å². The Morgan fingerprint density at radius 2 is 2.00 bits per heavy atom. The summed E-state index contributed by atoms with van der Waals surface area (Å²) in [5.41, 5.74) is 1.19. The molecule has 5 nitrogen and oxygen atoms in total. The lowest BCUT2D eigenvalue weighted by Crippen LogP contribution is -2.12. The van der Waals surface area contributed by atoms with Gasteiger partial charge in [0, 0.05) is 11.4 Å². The summed E-state index contributed by atoms with van der Waals surface area (Å²) in [6.45, 7) is 3.47. The molecule has 0 bridgehead atoms. The van der Waals surface area contributed by atoms with E-state index in [2.05, 4.69) is 33.5 Å². The summed E-state index contributed by atoms with van der Waals surface area (Å²) < 4.78 is 5.27. The zero-order valence-corrected chi connectivity index (χ0v) is 13.8. The molecule has 0 radical (unpaired) electrons. The van der Waals surface area contributed by atoms with E-state index in [1.54, 1.807) is 11.3 Å². The number of hydrogen-bond acceptors (Lipinski definition) is 6. The summed E-state index contributed by atoms with van der Waals surface area (Å²) in [5.74, 6) is 1.58. The van der Waals surface area contributed by atoms with Crippen LogP contribution < -0.4 is 5.32 Å². The molecule has 120 valence electrons. The molecule has 0 aliphatic rings. The fourth-order valence-corrected chi connectivity index (χ4v) is 3.40. The van der Waals surface area contributed by atoms with E-state index in [-0.39, 0.29) is 6.61 Å². The molecule has 3 rings (SSSR count). The minimum atomic E-state index is 0.0435. The van der Waals surface area contributed by atoms with E-state index < -0.39 is 0 Å². The molecule has 23 heavy (non-hydrogen) atoms. The van der Waals surface area contributed by atoms with Crippen LogP contribution in [-0.4, -0.2) is 41.4 Å². The lowest BCUT2D eigenvalue weighted by molar-refractivity contribution is 0.0992. The number of aromatic nitrogens is 2. The second kappa shape index (κ2) is 7.50. The van der Waals surface area contributed by atoms with Gasteiger partial charge in [0.15, 0.2) is 0 Å². The van der Waals surface area contributed by atoms with Crippen molar-refractivity contribution < 1.29 is 9.84 Å². The first-order chi connectivity index (χ1) is 11.3. The van der Waals surface area contributed by atoms with Gasteiger partial charge >= 0.3 is 0 Å². The third-order valence-electron chi connectivity index (χ3n) is 3.34. The van der Waals surface area contributed by atoms with Gasteiger partial charge in [-0.3, -0.25) is 0 Å². The zero-order valence-electron chi connectivity index (χ0n) is 13.0. The predicted octanol–water partition coefficient (Wildman–Crippen LogP) is 3.09. The molecule has 0 fully saturated rings. The first-order valence-electron chi connectivity index (χ1n) is 7.54. The highest BCUT2D eigenvalue weighted by Crippen LogP contribution is 2.35. The number of hydrogen-bond donors (Lipinski definition) is 2. The Balaban J connectivity index is 1.84. The average molecular weight is 329 g/mol. The number of nitrogens with one attached hydrogen (secondary N) is 1. The average Bonchev–Trinajstić information content (AvgIpc) is 2.99. The molecule has 2 N–H and O–H groups in total. The molecule has 0 saturated carbocycles. The summed E-state index contributed by atoms with van der Waals surface area (Å²) in [4.78, 5) is 11.2. The monoisotopic (exact) mass is 329 g/mol. The first kappa shape index (κ1) is 15.9. The Hall–Kier alpha value is -2.02. The van der Waals surface area contributed by atoms with Crippen molar-refractivity contribution in [3.05, 3.63) is 42.2 Å². The molecule has 0 amide bonds. The van der Waals surface area contributed by atoms with Crippen molar-refractivity contribution in [2.75, 3.05) is 31.7 Å². The highest BCUT2D eigenvalue weighted by atomic mass is 32.1. The van der Waals surface area contributed by atoms with Gasteiger partial charge in [-0.1, -0.05) is 30.3 Å². The van der Waals surface area contributed by atoms with Crippen molar-refractivity contribution in [3.8, 4) is 10.4 Å². The molecular weight excluding hydrogens is 310 g/mol. The van der Waals surface area contributed by atoms with Crippen LogP contribution in [0.4, 0.5) is 5.82 Å². The van der Waals surface area contributed by atoms with Gasteiger partial charge in [-0.25, -0.2) is 9.97 Å². The molecule has 0 atom stereocenters. The van der Waals surface area contributed by atoms with E-state index in [0.717, 1.165) is 21.9 Å². The molecular formula is C17H19N3O2S. The molecule has 3 aromatic rings. The zero-order chi connectivity index (χ0) is 16.1. The third-order valence-corrected chi connectivity index (χ3v) is 4.42. The molecule has 0 aliphatic carbocycles. The van der Waals surface area contributed by atoms with Gasteiger partial charge in [0.2, 0.25) is 0 Å². The fourth-order valence-electron chi connectivity index (χ4n) is 2.32. The van der Waals surface area contributed by atoms with Gasteiger partial charge in [-0.2, -0.15) is 0 Å². The second-order valence-electron chi connectivity index (χ2n) is 5.08. The first-order valence-corrected chi connectivity index (χ1v) is 8.35. The molecule has 0 aliphatic heterocycles. The summed E-state index contributed by atoms with van der Waals surface area (Å²) >= 11 is 1.67. The number of aliphatic hydroxyl groups excluding tert-OH is 1. The van der Waals surface area contributed by atoms with Crippen molar-refractivity contribution in [1.82, 2.24) is 9.97 Å². The number of nitrogens with zero attached hydrogens (tertiary/aromatic N) is 2. The van der Waals surface area contributed by atoms with Crippen LogP contribution in [0, 0.1) is 6.92 Å². The molecule has 2 heterocycles. The summed E-state index contributed by atoms with van der Waals surface area (Å²) in [7, 11) is 0.